The van der Waals surface area contributed by atoms with Gasteiger partial charge in [-0.2, -0.15) is 0 Å². The van der Waals surface area contributed by atoms with E-state index in [2.05, 4.69) is 4.90 Å². The Balaban J connectivity index is 0.00000139. The lowest BCUT2D eigenvalue weighted by Gasteiger charge is -2.38. The van der Waals surface area contributed by atoms with Crippen LogP contribution < -0.4 is 10.6 Å². The van der Waals surface area contributed by atoms with E-state index in [1.807, 2.05) is 65.9 Å². The normalized spacial score (nSPS) is 15.3. The molecule has 24 heavy (non-hydrogen) atoms. The lowest BCUT2D eigenvalue weighted by atomic mass is 10.0. The summed E-state index contributed by atoms with van der Waals surface area (Å²) < 4.78 is 5.44. The Kier molecular flexibility index (Phi) is 7.39. The molecule has 0 saturated carbocycles. The van der Waals surface area contributed by atoms with Crippen LogP contribution in [-0.4, -0.2) is 42.8 Å². The molecule has 1 saturated heterocycles. The highest BCUT2D eigenvalue weighted by Crippen LogP contribution is 2.23. The standard InChI is InChI=1S/C17H27N3O2.C2H6/c1-17(2,3)22-16(21)19(4)14-9-11-20(12-10-14)15-7-5-13(18)6-8-15;1-2/h5-8,14H,9-12,18H2,1-4H3;1-2H3. The van der Waals surface area contributed by atoms with E-state index in [1.165, 1.54) is 5.69 Å². The van der Waals surface area contributed by atoms with Gasteiger partial charge in [0.05, 0.1) is 0 Å². The SMILES string of the molecule is CC.CN(C(=O)OC(C)(C)C)C1CCN(c2ccc(N)cc2)CC1. The van der Waals surface area contributed by atoms with Crippen molar-refractivity contribution in [2.45, 2.75) is 59.1 Å². The molecule has 1 amide bonds. The van der Waals surface area contributed by atoms with Gasteiger partial charge >= 0.3 is 6.09 Å². The van der Waals surface area contributed by atoms with Crippen molar-refractivity contribution >= 4 is 17.5 Å². The number of anilines is 2. The van der Waals surface area contributed by atoms with Crippen LogP contribution >= 0.6 is 0 Å². The van der Waals surface area contributed by atoms with Gasteiger partial charge in [-0.1, -0.05) is 13.8 Å². The highest BCUT2D eigenvalue weighted by Gasteiger charge is 2.28. The van der Waals surface area contributed by atoms with E-state index in [9.17, 15) is 4.79 Å². The minimum Gasteiger partial charge on any atom is -0.444 e. The van der Waals surface area contributed by atoms with Crippen molar-refractivity contribution in [2.24, 2.45) is 0 Å². The molecule has 0 aromatic heterocycles. The van der Waals surface area contributed by atoms with Gasteiger partial charge in [-0.05, 0) is 57.9 Å². The Morgan fingerprint density at radius 3 is 2.12 bits per heavy atom. The number of carbonyl (C=O) groups is 1. The minimum atomic E-state index is -0.448. The van der Waals surface area contributed by atoms with Gasteiger partial charge in [0.1, 0.15) is 5.60 Å². The van der Waals surface area contributed by atoms with E-state index >= 15 is 0 Å². The van der Waals surface area contributed by atoms with E-state index in [1.54, 1.807) is 4.90 Å². The van der Waals surface area contributed by atoms with Crippen LogP contribution in [-0.2, 0) is 4.74 Å². The Morgan fingerprint density at radius 2 is 1.67 bits per heavy atom. The van der Waals surface area contributed by atoms with E-state index in [4.69, 9.17) is 10.5 Å². The first-order chi connectivity index (χ1) is 11.3. The summed E-state index contributed by atoms with van der Waals surface area (Å²) >= 11 is 0. The number of nitrogens with zero attached hydrogens (tertiary/aromatic N) is 2. The van der Waals surface area contributed by atoms with Crippen molar-refractivity contribution in [1.82, 2.24) is 4.90 Å². The summed E-state index contributed by atoms with van der Waals surface area (Å²) in [6, 6.07) is 8.18. The molecule has 0 radical (unpaired) electrons. The highest BCUT2D eigenvalue weighted by molar-refractivity contribution is 5.68. The third kappa shape index (κ3) is 5.95. The third-order valence-electron chi connectivity index (χ3n) is 3.95. The molecule has 2 rings (SSSR count). The Labute approximate surface area is 146 Å². The van der Waals surface area contributed by atoms with E-state index < -0.39 is 5.60 Å². The minimum absolute atomic E-state index is 0.236. The summed E-state index contributed by atoms with van der Waals surface area (Å²) in [4.78, 5) is 16.2. The van der Waals surface area contributed by atoms with Crippen LogP contribution in [0.5, 0.6) is 0 Å². The van der Waals surface area contributed by atoms with Crippen LogP contribution in [0, 0.1) is 0 Å². The Bertz CT molecular complexity index is 500. The highest BCUT2D eigenvalue weighted by atomic mass is 16.6. The summed E-state index contributed by atoms with van der Waals surface area (Å²) in [7, 11) is 1.83. The third-order valence-corrected chi connectivity index (χ3v) is 3.95. The molecule has 1 aromatic carbocycles. The number of nitrogen functional groups attached to an aromatic ring is 1. The molecule has 136 valence electrons. The monoisotopic (exact) mass is 335 g/mol. The van der Waals surface area contributed by atoms with Crippen molar-refractivity contribution in [3.63, 3.8) is 0 Å². The van der Waals surface area contributed by atoms with Gasteiger partial charge in [0.25, 0.3) is 0 Å². The summed E-state index contributed by atoms with van der Waals surface area (Å²) in [5, 5.41) is 0. The molecule has 2 N–H and O–H groups in total. The molecule has 1 aliphatic heterocycles. The summed E-state index contributed by atoms with van der Waals surface area (Å²) in [5.74, 6) is 0. The second-order valence-electron chi connectivity index (χ2n) is 6.90. The molecule has 0 bridgehead atoms. The van der Waals surface area contributed by atoms with Crippen LogP contribution in [0.25, 0.3) is 0 Å². The van der Waals surface area contributed by atoms with Crippen molar-refractivity contribution < 1.29 is 9.53 Å². The lowest BCUT2D eigenvalue weighted by Crippen LogP contribution is -2.47. The zero-order valence-corrected chi connectivity index (χ0v) is 16.0. The number of piperidine rings is 1. The molecule has 1 aliphatic rings. The van der Waals surface area contributed by atoms with Gasteiger partial charge in [0, 0.05) is 37.6 Å². The number of benzene rings is 1. The number of hydrogen-bond donors (Lipinski definition) is 1. The molecule has 1 fully saturated rings. The fourth-order valence-electron chi connectivity index (χ4n) is 2.68. The molecule has 1 heterocycles. The predicted molar refractivity (Wildman–Crippen MR) is 101 cm³/mol. The van der Waals surface area contributed by atoms with Crippen molar-refractivity contribution in [3.8, 4) is 0 Å². The Hall–Kier alpha value is -1.91. The largest absolute Gasteiger partial charge is 0.444 e. The van der Waals surface area contributed by atoms with Crippen molar-refractivity contribution in [2.75, 3.05) is 30.8 Å². The topological polar surface area (TPSA) is 58.8 Å². The average Bonchev–Trinajstić information content (AvgIpc) is 2.55. The van der Waals surface area contributed by atoms with Gasteiger partial charge in [-0.15, -0.1) is 0 Å². The fraction of sp³-hybridized carbons (Fsp3) is 0.632. The molecule has 0 atom stereocenters. The van der Waals surface area contributed by atoms with Crippen LogP contribution in [0.4, 0.5) is 16.2 Å². The molecule has 0 unspecified atom stereocenters. The quantitative estimate of drug-likeness (QED) is 0.826. The van der Waals surface area contributed by atoms with Crippen LogP contribution in [0.15, 0.2) is 24.3 Å². The number of rotatable bonds is 2. The first-order valence-electron chi connectivity index (χ1n) is 8.82. The van der Waals surface area contributed by atoms with Crippen LogP contribution in [0.2, 0.25) is 0 Å². The predicted octanol–water partition coefficient (Wildman–Crippen LogP) is 4.13. The van der Waals surface area contributed by atoms with Crippen LogP contribution in [0.3, 0.4) is 0 Å². The van der Waals surface area contributed by atoms with E-state index in [-0.39, 0.29) is 12.1 Å². The molecule has 5 nitrogen and oxygen atoms in total. The first-order valence-corrected chi connectivity index (χ1v) is 8.82. The first kappa shape index (κ1) is 20.1. The molecular weight excluding hydrogens is 302 g/mol. The maximum Gasteiger partial charge on any atom is 0.410 e. The van der Waals surface area contributed by atoms with Gasteiger partial charge in [0.2, 0.25) is 0 Å². The maximum absolute atomic E-state index is 12.1. The number of amides is 1. The van der Waals surface area contributed by atoms with Crippen molar-refractivity contribution in [1.29, 1.82) is 0 Å². The molecule has 0 aliphatic carbocycles. The maximum atomic E-state index is 12.1. The number of carbonyl (C=O) groups excluding carboxylic acids is 1. The lowest BCUT2D eigenvalue weighted by molar-refractivity contribution is 0.0201. The molecule has 0 spiro atoms. The zero-order chi connectivity index (χ0) is 18.3. The average molecular weight is 335 g/mol. The Morgan fingerprint density at radius 1 is 1.17 bits per heavy atom. The fourth-order valence-corrected chi connectivity index (χ4v) is 2.68. The van der Waals surface area contributed by atoms with Crippen LogP contribution in [0.1, 0.15) is 47.5 Å². The summed E-state index contributed by atoms with van der Waals surface area (Å²) in [5.41, 5.74) is 7.25. The number of hydrogen-bond acceptors (Lipinski definition) is 4. The van der Waals surface area contributed by atoms with Gasteiger partial charge < -0.3 is 20.3 Å². The summed E-state index contributed by atoms with van der Waals surface area (Å²) in [6.07, 6.45) is 1.65. The van der Waals surface area contributed by atoms with Crippen molar-refractivity contribution in [3.05, 3.63) is 24.3 Å². The number of nitrogens with two attached hydrogens (primary N) is 1. The van der Waals surface area contributed by atoms with E-state index in [0.29, 0.717) is 0 Å². The summed E-state index contributed by atoms with van der Waals surface area (Å²) in [6.45, 7) is 11.5. The second kappa shape index (κ2) is 8.81. The second-order valence-corrected chi connectivity index (χ2v) is 6.90. The van der Waals surface area contributed by atoms with Gasteiger partial charge in [-0.25, -0.2) is 4.79 Å². The smallest absolute Gasteiger partial charge is 0.410 e. The van der Waals surface area contributed by atoms with Gasteiger partial charge in [-0.3, -0.25) is 0 Å². The molecular formula is C19H33N3O2. The van der Waals surface area contributed by atoms with E-state index in [0.717, 1.165) is 31.6 Å². The molecule has 5 heteroatoms. The zero-order valence-electron chi connectivity index (χ0n) is 16.0. The van der Waals surface area contributed by atoms with Gasteiger partial charge in [0.15, 0.2) is 0 Å². The number of ether oxygens (including phenoxy) is 1. The molecule has 1 aromatic rings.